The molecule has 0 saturated carbocycles. The Balaban J connectivity index is 1.70. The van der Waals surface area contributed by atoms with E-state index >= 15 is 0 Å². The molecule has 0 amide bonds. The first-order valence-corrected chi connectivity index (χ1v) is 9.86. The topological polar surface area (TPSA) is 29.5 Å². The van der Waals surface area contributed by atoms with Crippen molar-refractivity contribution in [3.8, 4) is 0 Å². The number of anilines is 1. The molecule has 1 heterocycles. The molecule has 0 aromatic heterocycles. The molecular weight excluding hydrogens is 370 g/mol. The van der Waals surface area contributed by atoms with E-state index < -0.39 is 0 Å². The minimum Gasteiger partial charge on any atom is -0.456 e. The molecular formula is C27H23NO2. The smallest absolute Gasteiger partial charge is 0.186 e. The zero-order valence-corrected chi connectivity index (χ0v) is 17.1. The molecule has 0 unspecified atom stereocenters. The number of ether oxygens (including phenoxy) is 1. The van der Waals surface area contributed by atoms with Gasteiger partial charge in [-0.1, -0.05) is 60.7 Å². The Bertz CT molecular complexity index is 1070. The predicted molar refractivity (Wildman–Crippen MR) is 123 cm³/mol. The van der Waals surface area contributed by atoms with Crippen LogP contribution in [0.1, 0.15) is 21.5 Å². The van der Waals surface area contributed by atoms with E-state index in [0.717, 1.165) is 33.9 Å². The number of hydrogen-bond donors (Lipinski definition) is 0. The van der Waals surface area contributed by atoms with Crippen molar-refractivity contribution in [3.63, 3.8) is 0 Å². The highest BCUT2D eigenvalue weighted by molar-refractivity contribution is 6.06. The lowest BCUT2D eigenvalue weighted by molar-refractivity contribution is 0.104. The molecule has 0 fully saturated rings. The van der Waals surface area contributed by atoms with Gasteiger partial charge in [0.05, 0.1) is 0 Å². The molecule has 3 aromatic carbocycles. The highest BCUT2D eigenvalue weighted by Crippen LogP contribution is 2.32. The van der Waals surface area contributed by atoms with Crippen LogP contribution in [0.3, 0.4) is 0 Å². The van der Waals surface area contributed by atoms with Crippen LogP contribution in [0.2, 0.25) is 0 Å². The van der Waals surface area contributed by atoms with E-state index in [-0.39, 0.29) is 5.78 Å². The van der Waals surface area contributed by atoms with Crippen molar-refractivity contribution in [1.29, 1.82) is 0 Å². The minimum absolute atomic E-state index is 0.0375. The Kier molecular flexibility index (Phi) is 5.62. The first-order chi connectivity index (χ1) is 14.6. The van der Waals surface area contributed by atoms with Crippen LogP contribution in [0.15, 0.2) is 109 Å². The van der Waals surface area contributed by atoms with Gasteiger partial charge >= 0.3 is 0 Å². The number of benzene rings is 3. The Labute approximate surface area is 177 Å². The van der Waals surface area contributed by atoms with Crippen molar-refractivity contribution in [3.05, 3.63) is 125 Å². The van der Waals surface area contributed by atoms with Gasteiger partial charge in [0.1, 0.15) is 11.5 Å². The zero-order chi connectivity index (χ0) is 20.9. The van der Waals surface area contributed by atoms with Gasteiger partial charge in [-0.2, -0.15) is 0 Å². The van der Waals surface area contributed by atoms with Crippen molar-refractivity contribution in [2.75, 3.05) is 19.0 Å². The molecule has 0 bridgehead atoms. The van der Waals surface area contributed by atoms with Crippen molar-refractivity contribution in [1.82, 2.24) is 0 Å². The van der Waals surface area contributed by atoms with Crippen LogP contribution < -0.4 is 4.90 Å². The Morgan fingerprint density at radius 2 is 1.23 bits per heavy atom. The standard InChI is InChI=1S/C27H23NO2/c1-28(2)24-15-13-21(14-16-24)25(29)17-20-18-26(22-9-5-3-6-10-22)30-27(19-20)23-11-7-4-8-12-23/h3-19H,1-2H3. The zero-order valence-electron chi connectivity index (χ0n) is 17.1. The highest BCUT2D eigenvalue weighted by atomic mass is 16.5. The van der Waals surface area contributed by atoms with Gasteiger partial charge < -0.3 is 9.64 Å². The fraction of sp³-hybridized carbons (Fsp3) is 0.0741. The summed E-state index contributed by atoms with van der Waals surface area (Å²) >= 11 is 0. The van der Waals surface area contributed by atoms with E-state index in [1.807, 2.05) is 116 Å². The highest BCUT2D eigenvalue weighted by Gasteiger charge is 2.16. The number of nitrogens with zero attached hydrogens (tertiary/aromatic N) is 1. The number of allylic oxidation sites excluding steroid dienone is 4. The second kappa shape index (κ2) is 8.66. The summed E-state index contributed by atoms with van der Waals surface area (Å²) in [6.45, 7) is 0. The fourth-order valence-electron chi connectivity index (χ4n) is 3.25. The van der Waals surface area contributed by atoms with Crippen LogP contribution >= 0.6 is 0 Å². The van der Waals surface area contributed by atoms with Gasteiger partial charge in [-0.3, -0.25) is 4.79 Å². The molecule has 0 radical (unpaired) electrons. The van der Waals surface area contributed by atoms with Crippen LogP contribution in [0.25, 0.3) is 11.5 Å². The molecule has 3 heteroatoms. The summed E-state index contributed by atoms with van der Waals surface area (Å²) in [5, 5.41) is 0. The number of carbonyl (C=O) groups is 1. The number of rotatable bonds is 5. The van der Waals surface area contributed by atoms with Crippen LogP contribution in [0.4, 0.5) is 5.69 Å². The molecule has 30 heavy (non-hydrogen) atoms. The average Bonchev–Trinajstić information content (AvgIpc) is 2.80. The molecule has 0 aliphatic carbocycles. The molecule has 0 saturated heterocycles. The maximum absolute atomic E-state index is 12.9. The summed E-state index contributed by atoms with van der Waals surface area (Å²) in [5.41, 5.74) is 4.45. The maximum Gasteiger partial charge on any atom is 0.186 e. The molecule has 3 nitrogen and oxygen atoms in total. The SMILES string of the molecule is CN(C)c1ccc(C(=O)C=C2C=C(c3ccccc3)OC(c3ccccc3)=C2)cc1. The molecule has 1 aliphatic rings. The van der Waals surface area contributed by atoms with E-state index in [1.54, 1.807) is 6.08 Å². The third-order valence-corrected chi connectivity index (χ3v) is 4.90. The molecule has 0 N–H and O–H groups in total. The summed E-state index contributed by atoms with van der Waals surface area (Å²) in [6, 6.07) is 27.4. The van der Waals surface area contributed by atoms with Gasteiger partial charge in [0, 0.05) is 36.5 Å². The Morgan fingerprint density at radius 1 is 0.733 bits per heavy atom. The van der Waals surface area contributed by atoms with Gasteiger partial charge in [0.25, 0.3) is 0 Å². The first kappa shape index (κ1) is 19.5. The molecule has 0 spiro atoms. The molecule has 148 valence electrons. The summed E-state index contributed by atoms with van der Waals surface area (Å²) in [4.78, 5) is 14.9. The van der Waals surface area contributed by atoms with Crippen molar-refractivity contribution in [2.24, 2.45) is 0 Å². The summed E-state index contributed by atoms with van der Waals surface area (Å²) < 4.78 is 6.18. The van der Waals surface area contributed by atoms with Crippen LogP contribution in [-0.4, -0.2) is 19.9 Å². The quantitative estimate of drug-likeness (QED) is 0.395. The number of ketones is 1. The molecule has 3 aromatic rings. The third kappa shape index (κ3) is 4.41. The lowest BCUT2D eigenvalue weighted by Gasteiger charge is -2.19. The first-order valence-electron chi connectivity index (χ1n) is 9.86. The fourth-order valence-corrected chi connectivity index (χ4v) is 3.25. The van der Waals surface area contributed by atoms with E-state index in [1.165, 1.54) is 0 Å². The van der Waals surface area contributed by atoms with E-state index in [0.29, 0.717) is 5.56 Å². The summed E-state index contributed by atoms with van der Waals surface area (Å²) in [7, 11) is 3.96. The van der Waals surface area contributed by atoms with Gasteiger partial charge in [-0.15, -0.1) is 0 Å². The normalized spacial score (nSPS) is 13.1. The maximum atomic E-state index is 12.9. The Morgan fingerprint density at radius 3 is 1.70 bits per heavy atom. The second-order valence-corrected chi connectivity index (χ2v) is 7.30. The summed E-state index contributed by atoms with van der Waals surface area (Å²) in [5.74, 6) is 1.41. The molecule has 1 aliphatic heterocycles. The van der Waals surface area contributed by atoms with Crippen LogP contribution in [-0.2, 0) is 4.74 Å². The predicted octanol–water partition coefficient (Wildman–Crippen LogP) is 5.97. The van der Waals surface area contributed by atoms with Crippen molar-refractivity contribution < 1.29 is 9.53 Å². The number of carbonyl (C=O) groups excluding carboxylic acids is 1. The van der Waals surface area contributed by atoms with Gasteiger partial charge in [-0.25, -0.2) is 0 Å². The van der Waals surface area contributed by atoms with E-state index in [2.05, 4.69) is 0 Å². The second-order valence-electron chi connectivity index (χ2n) is 7.30. The average molecular weight is 393 g/mol. The van der Waals surface area contributed by atoms with Gasteiger partial charge in [-0.05, 0) is 48.1 Å². The van der Waals surface area contributed by atoms with E-state index in [4.69, 9.17) is 4.74 Å². The molecule has 0 atom stereocenters. The minimum atomic E-state index is -0.0375. The van der Waals surface area contributed by atoms with E-state index in [9.17, 15) is 4.79 Å². The monoisotopic (exact) mass is 393 g/mol. The van der Waals surface area contributed by atoms with Crippen LogP contribution in [0, 0.1) is 0 Å². The number of hydrogen-bond acceptors (Lipinski definition) is 3. The summed E-state index contributed by atoms with van der Waals surface area (Å²) in [6.07, 6.45) is 5.49. The third-order valence-electron chi connectivity index (χ3n) is 4.90. The molecule has 4 rings (SSSR count). The van der Waals surface area contributed by atoms with Crippen molar-refractivity contribution in [2.45, 2.75) is 0 Å². The lowest BCUT2D eigenvalue weighted by Crippen LogP contribution is -2.08. The Hall–Kier alpha value is -3.85. The largest absolute Gasteiger partial charge is 0.456 e. The van der Waals surface area contributed by atoms with Gasteiger partial charge in [0.15, 0.2) is 5.78 Å². The lowest BCUT2D eigenvalue weighted by atomic mass is 10.0. The van der Waals surface area contributed by atoms with Gasteiger partial charge in [0.2, 0.25) is 0 Å². The van der Waals surface area contributed by atoms with Crippen LogP contribution in [0.5, 0.6) is 0 Å². The van der Waals surface area contributed by atoms with Crippen molar-refractivity contribution >= 4 is 23.0 Å².